The Morgan fingerprint density at radius 3 is 2.64 bits per heavy atom. The Morgan fingerprint density at radius 1 is 1.00 bits per heavy atom. The number of amides is 2. The van der Waals surface area contributed by atoms with Gasteiger partial charge >= 0.3 is 0 Å². The molecule has 2 heterocycles. The number of fused-ring (bicyclic) bond motifs is 1. The van der Waals surface area contributed by atoms with Crippen LogP contribution in [0.25, 0.3) is 11.0 Å². The normalized spacial score (nSPS) is 10.6. The van der Waals surface area contributed by atoms with E-state index in [1.165, 1.54) is 0 Å². The van der Waals surface area contributed by atoms with Crippen LogP contribution in [0.5, 0.6) is 0 Å². The molecule has 128 valence electrons. The number of para-hydroxylation sites is 2. The van der Waals surface area contributed by atoms with E-state index in [4.69, 9.17) is 0 Å². The van der Waals surface area contributed by atoms with Crippen LogP contribution < -0.4 is 10.6 Å². The predicted octanol–water partition coefficient (Wildman–Crippen LogP) is 2.04. The van der Waals surface area contributed by atoms with Crippen molar-refractivity contribution in [2.75, 3.05) is 11.9 Å². The van der Waals surface area contributed by atoms with Crippen molar-refractivity contribution in [3.8, 4) is 0 Å². The average Bonchev–Trinajstić information content (AvgIpc) is 3.04. The molecule has 0 fully saturated rings. The highest BCUT2D eigenvalue weighted by molar-refractivity contribution is 5.90. The number of imidazole rings is 1. The maximum atomic E-state index is 11.9. The van der Waals surface area contributed by atoms with Gasteiger partial charge in [-0.3, -0.25) is 9.59 Å². The molecular formula is C18H19N5O2. The second-order valence-electron chi connectivity index (χ2n) is 5.56. The van der Waals surface area contributed by atoms with Crippen molar-refractivity contribution in [1.82, 2.24) is 20.3 Å². The summed E-state index contributed by atoms with van der Waals surface area (Å²) >= 11 is 0. The molecular weight excluding hydrogens is 318 g/mol. The van der Waals surface area contributed by atoms with E-state index in [2.05, 4.69) is 25.6 Å². The molecule has 2 amide bonds. The third-order valence-electron chi connectivity index (χ3n) is 3.63. The number of hydrogen-bond donors (Lipinski definition) is 3. The zero-order valence-electron chi connectivity index (χ0n) is 13.7. The lowest BCUT2D eigenvalue weighted by molar-refractivity contribution is -0.121. The minimum atomic E-state index is -0.184. The number of rotatable bonds is 7. The van der Waals surface area contributed by atoms with Gasteiger partial charge in [0.25, 0.3) is 0 Å². The molecule has 0 atom stereocenters. The van der Waals surface area contributed by atoms with E-state index in [-0.39, 0.29) is 24.8 Å². The lowest BCUT2D eigenvalue weighted by Gasteiger charge is -2.05. The number of nitrogens with zero attached hydrogens (tertiary/aromatic N) is 2. The second kappa shape index (κ2) is 8.05. The number of nitrogens with one attached hydrogen (secondary N) is 3. The van der Waals surface area contributed by atoms with E-state index >= 15 is 0 Å². The molecule has 0 saturated carbocycles. The molecule has 0 saturated heterocycles. The second-order valence-corrected chi connectivity index (χ2v) is 5.56. The fourth-order valence-electron chi connectivity index (χ4n) is 2.40. The number of pyridine rings is 1. The molecule has 3 rings (SSSR count). The van der Waals surface area contributed by atoms with Crippen molar-refractivity contribution in [2.24, 2.45) is 0 Å². The molecule has 2 aromatic heterocycles. The van der Waals surface area contributed by atoms with Gasteiger partial charge in [-0.05, 0) is 24.3 Å². The average molecular weight is 337 g/mol. The minimum Gasteiger partial charge on any atom is -0.356 e. The Kier molecular flexibility index (Phi) is 5.36. The number of carbonyl (C=O) groups is 2. The SMILES string of the molecule is O=C(CCc1nc2ccccc2[nH]1)NCCC(=O)Nc1ccccn1. The van der Waals surface area contributed by atoms with E-state index in [1.54, 1.807) is 24.4 Å². The van der Waals surface area contributed by atoms with Crippen molar-refractivity contribution in [1.29, 1.82) is 0 Å². The Bertz CT molecular complexity index is 827. The largest absolute Gasteiger partial charge is 0.356 e. The molecule has 3 aromatic rings. The first kappa shape index (κ1) is 16.6. The van der Waals surface area contributed by atoms with Crippen LogP contribution in [-0.4, -0.2) is 33.3 Å². The summed E-state index contributed by atoms with van der Waals surface area (Å²) in [5.41, 5.74) is 1.85. The van der Waals surface area contributed by atoms with Gasteiger partial charge in [0.05, 0.1) is 11.0 Å². The zero-order chi connectivity index (χ0) is 17.5. The highest BCUT2D eigenvalue weighted by Gasteiger charge is 2.07. The van der Waals surface area contributed by atoms with E-state index in [0.717, 1.165) is 16.9 Å². The van der Waals surface area contributed by atoms with E-state index in [1.807, 2.05) is 24.3 Å². The van der Waals surface area contributed by atoms with E-state index < -0.39 is 0 Å². The van der Waals surface area contributed by atoms with Crippen molar-refractivity contribution in [2.45, 2.75) is 19.3 Å². The van der Waals surface area contributed by atoms with Gasteiger partial charge in [0, 0.05) is 32.0 Å². The number of carbonyl (C=O) groups excluding carboxylic acids is 2. The first-order valence-corrected chi connectivity index (χ1v) is 8.12. The standard InChI is InChI=1S/C18H19N5O2/c24-17(9-8-16-21-13-5-1-2-6-14(13)22-16)20-12-10-18(25)23-15-7-3-4-11-19-15/h1-7,11H,8-10,12H2,(H,20,24)(H,21,22)(H,19,23,25). The third-order valence-corrected chi connectivity index (χ3v) is 3.63. The fraction of sp³-hybridized carbons (Fsp3) is 0.222. The molecule has 0 aliphatic rings. The maximum Gasteiger partial charge on any atom is 0.227 e. The van der Waals surface area contributed by atoms with Crippen molar-refractivity contribution < 1.29 is 9.59 Å². The van der Waals surface area contributed by atoms with Crippen LogP contribution in [0, 0.1) is 0 Å². The summed E-state index contributed by atoms with van der Waals surface area (Å²) in [5.74, 6) is 0.996. The van der Waals surface area contributed by atoms with Crippen LogP contribution in [0.15, 0.2) is 48.7 Å². The monoisotopic (exact) mass is 337 g/mol. The minimum absolute atomic E-state index is 0.105. The van der Waals surface area contributed by atoms with Crippen LogP contribution in [0.4, 0.5) is 5.82 Å². The van der Waals surface area contributed by atoms with Crippen molar-refractivity contribution >= 4 is 28.7 Å². The highest BCUT2D eigenvalue weighted by atomic mass is 16.2. The summed E-state index contributed by atoms with van der Waals surface area (Å²) in [5, 5.41) is 5.41. The summed E-state index contributed by atoms with van der Waals surface area (Å²) in [6.45, 7) is 0.289. The van der Waals surface area contributed by atoms with E-state index in [0.29, 0.717) is 18.7 Å². The molecule has 0 spiro atoms. The zero-order valence-corrected chi connectivity index (χ0v) is 13.7. The molecule has 7 nitrogen and oxygen atoms in total. The summed E-state index contributed by atoms with van der Waals surface area (Å²) in [6.07, 6.45) is 2.66. The van der Waals surface area contributed by atoms with Crippen molar-refractivity contribution in [3.05, 3.63) is 54.5 Å². The van der Waals surface area contributed by atoms with Crippen LogP contribution in [0.1, 0.15) is 18.7 Å². The van der Waals surface area contributed by atoms with Crippen LogP contribution in [0.3, 0.4) is 0 Å². The van der Waals surface area contributed by atoms with Gasteiger partial charge in [0.2, 0.25) is 11.8 Å². The topological polar surface area (TPSA) is 99.8 Å². The van der Waals surface area contributed by atoms with Crippen LogP contribution in [0.2, 0.25) is 0 Å². The van der Waals surface area contributed by atoms with Crippen LogP contribution >= 0.6 is 0 Å². The number of aromatic nitrogens is 3. The van der Waals surface area contributed by atoms with Gasteiger partial charge in [0.1, 0.15) is 11.6 Å². The van der Waals surface area contributed by atoms with Gasteiger partial charge in [-0.2, -0.15) is 0 Å². The fourth-order valence-corrected chi connectivity index (χ4v) is 2.40. The van der Waals surface area contributed by atoms with Gasteiger partial charge in [-0.1, -0.05) is 18.2 Å². The Morgan fingerprint density at radius 2 is 1.84 bits per heavy atom. The molecule has 1 aromatic carbocycles. The number of H-pyrrole nitrogens is 1. The molecule has 0 bridgehead atoms. The van der Waals surface area contributed by atoms with Gasteiger partial charge in [-0.15, -0.1) is 0 Å². The summed E-state index contributed by atoms with van der Waals surface area (Å²) in [7, 11) is 0. The quantitative estimate of drug-likeness (QED) is 0.614. The first-order chi connectivity index (χ1) is 12.2. The number of aryl methyl sites for hydroxylation is 1. The number of anilines is 1. The van der Waals surface area contributed by atoms with E-state index in [9.17, 15) is 9.59 Å². The molecule has 7 heteroatoms. The van der Waals surface area contributed by atoms with Gasteiger partial charge in [0.15, 0.2) is 0 Å². The maximum absolute atomic E-state index is 11.9. The molecule has 0 aliphatic carbocycles. The van der Waals surface area contributed by atoms with Gasteiger partial charge in [-0.25, -0.2) is 9.97 Å². The first-order valence-electron chi connectivity index (χ1n) is 8.12. The Labute approximate surface area is 144 Å². The number of benzene rings is 1. The molecule has 3 N–H and O–H groups in total. The number of hydrogen-bond acceptors (Lipinski definition) is 4. The Hall–Kier alpha value is -3.22. The Balaban J connectivity index is 1.37. The third kappa shape index (κ3) is 4.87. The summed E-state index contributed by atoms with van der Waals surface area (Å²) in [4.78, 5) is 35.3. The van der Waals surface area contributed by atoms with Gasteiger partial charge < -0.3 is 15.6 Å². The van der Waals surface area contributed by atoms with Crippen molar-refractivity contribution in [3.63, 3.8) is 0 Å². The smallest absolute Gasteiger partial charge is 0.227 e. The lowest BCUT2D eigenvalue weighted by Crippen LogP contribution is -2.28. The summed E-state index contributed by atoms with van der Waals surface area (Å²) < 4.78 is 0. The molecule has 0 aliphatic heterocycles. The molecule has 0 radical (unpaired) electrons. The molecule has 0 unspecified atom stereocenters. The number of aromatic amines is 1. The molecule has 25 heavy (non-hydrogen) atoms. The highest BCUT2D eigenvalue weighted by Crippen LogP contribution is 2.11. The lowest BCUT2D eigenvalue weighted by atomic mass is 10.3. The van der Waals surface area contributed by atoms with Crippen LogP contribution in [-0.2, 0) is 16.0 Å². The summed E-state index contributed by atoms with van der Waals surface area (Å²) in [6, 6.07) is 13.0. The predicted molar refractivity (Wildman–Crippen MR) is 94.9 cm³/mol.